The highest BCUT2D eigenvalue weighted by Crippen LogP contribution is 2.28. The fraction of sp³-hybridized carbons (Fsp3) is 0.250. The molecule has 0 radical (unpaired) electrons. The molecule has 1 aliphatic rings. The van der Waals surface area contributed by atoms with Gasteiger partial charge in [-0.05, 0) is 40.8 Å². The predicted molar refractivity (Wildman–Crippen MR) is 114 cm³/mol. The number of nitrogens with one attached hydrogen (secondary N) is 1. The number of aliphatic hydroxyl groups is 1. The molecule has 4 rings (SSSR count). The summed E-state index contributed by atoms with van der Waals surface area (Å²) in [6, 6.07) is 18.3. The standard InChI is InChI=1S/C24H24FN3O/c25-24-23-12-19(6-7-20(23)16-28-24)22-11-17(13-27-15-22)10-21(14-26-8-9-29)18-4-2-1-3-5-18/h1-7,11-13,15,21,26,29H,8-10,14,16H2/t21-/m0/s1. The molecule has 2 N–H and O–H groups in total. The average molecular weight is 389 g/mol. The lowest BCUT2D eigenvalue weighted by Gasteiger charge is -2.18. The lowest BCUT2D eigenvalue weighted by molar-refractivity contribution is 0.291. The average Bonchev–Trinajstić information content (AvgIpc) is 3.14. The molecule has 1 aliphatic heterocycles. The van der Waals surface area contributed by atoms with E-state index in [9.17, 15) is 4.39 Å². The Morgan fingerprint density at radius 1 is 1.03 bits per heavy atom. The van der Waals surface area contributed by atoms with Gasteiger partial charge in [-0.15, -0.1) is 0 Å². The molecule has 0 fully saturated rings. The van der Waals surface area contributed by atoms with Crippen molar-refractivity contribution in [3.05, 3.63) is 89.2 Å². The second-order valence-corrected chi connectivity index (χ2v) is 7.30. The molecule has 2 aromatic carbocycles. The maximum Gasteiger partial charge on any atom is 0.216 e. The highest BCUT2D eigenvalue weighted by molar-refractivity contribution is 5.98. The number of aliphatic hydroxyl groups excluding tert-OH is 1. The van der Waals surface area contributed by atoms with Gasteiger partial charge in [0.25, 0.3) is 0 Å². The smallest absolute Gasteiger partial charge is 0.216 e. The summed E-state index contributed by atoms with van der Waals surface area (Å²) in [6.45, 7) is 1.88. The fourth-order valence-corrected chi connectivity index (χ4v) is 3.76. The highest BCUT2D eigenvalue weighted by atomic mass is 19.1. The van der Waals surface area contributed by atoms with Crippen LogP contribution in [0.5, 0.6) is 0 Å². The summed E-state index contributed by atoms with van der Waals surface area (Å²) in [5, 5.41) is 12.4. The van der Waals surface area contributed by atoms with E-state index in [-0.39, 0.29) is 18.5 Å². The number of nitrogens with zero attached hydrogens (tertiary/aromatic N) is 2. The number of benzene rings is 2. The first-order valence-corrected chi connectivity index (χ1v) is 9.88. The quantitative estimate of drug-likeness (QED) is 0.575. The Morgan fingerprint density at radius 3 is 2.72 bits per heavy atom. The van der Waals surface area contributed by atoms with E-state index in [4.69, 9.17) is 5.11 Å². The third kappa shape index (κ3) is 4.58. The molecule has 0 unspecified atom stereocenters. The van der Waals surface area contributed by atoms with Gasteiger partial charge in [-0.2, -0.15) is 4.39 Å². The van der Waals surface area contributed by atoms with Gasteiger partial charge in [0.2, 0.25) is 5.97 Å². The maximum atomic E-state index is 13.9. The van der Waals surface area contributed by atoms with Crippen LogP contribution in [0.2, 0.25) is 0 Å². The zero-order valence-corrected chi connectivity index (χ0v) is 16.2. The first-order valence-electron chi connectivity index (χ1n) is 9.88. The molecule has 0 saturated heterocycles. The number of aromatic nitrogens is 1. The Morgan fingerprint density at radius 2 is 1.90 bits per heavy atom. The van der Waals surface area contributed by atoms with Crippen LogP contribution in [-0.2, 0) is 13.0 Å². The molecule has 5 heteroatoms. The Bertz CT molecular complexity index is 1000. The van der Waals surface area contributed by atoms with Crippen LogP contribution < -0.4 is 5.32 Å². The van der Waals surface area contributed by atoms with E-state index in [0.29, 0.717) is 18.7 Å². The minimum Gasteiger partial charge on any atom is -0.395 e. The summed E-state index contributed by atoms with van der Waals surface area (Å²) in [5.74, 6) is -0.116. The molecule has 1 atom stereocenters. The minimum absolute atomic E-state index is 0.122. The SMILES string of the molecule is OCCNC[C@H](Cc1cncc(-c2ccc3c(c2)C(F)=NC3)c1)c1ccccc1. The molecule has 0 bridgehead atoms. The second kappa shape index (κ2) is 9.07. The first kappa shape index (κ1) is 19.4. The Hall–Kier alpha value is -2.89. The fourth-order valence-electron chi connectivity index (χ4n) is 3.76. The van der Waals surface area contributed by atoms with Crippen LogP contribution in [0.3, 0.4) is 0 Å². The van der Waals surface area contributed by atoms with Crippen LogP contribution in [0.4, 0.5) is 4.39 Å². The summed E-state index contributed by atoms with van der Waals surface area (Å²) in [5.41, 5.74) is 5.80. The number of pyridine rings is 1. The van der Waals surface area contributed by atoms with Gasteiger partial charge in [-0.1, -0.05) is 42.5 Å². The molecular weight excluding hydrogens is 365 g/mol. The molecule has 0 saturated carbocycles. The second-order valence-electron chi connectivity index (χ2n) is 7.30. The summed E-state index contributed by atoms with van der Waals surface area (Å²) >= 11 is 0. The van der Waals surface area contributed by atoms with Gasteiger partial charge in [-0.25, -0.2) is 0 Å². The molecule has 0 amide bonds. The van der Waals surface area contributed by atoms with Gasteiger partial charge in [-0.3, -0.25) is 9.98 Å². The largest absolute Gasteiger partial charge is 0.395 e. The number of rotatable bonds is 8. The van der Waals surface area contributed by atoms with Crippen LogP contribution in [0.25, 0.3) is 11.1 Å². The molecule has 3 aromatic rings. The van der Waals surface area contributed by atoms with Crippen molar-refractivity contribution in [3.8, 4) is 11.1 Å². The summed E-state index contributed by atoms with van der Waals surface area (Å²) in [4.78, 5) is 8.31. The van der Waals surface area contributed by atoms with Crippen molar-refractivity contribution in [1.29, 1.82) is 0 Å². The maximum absolute atomic E-state index is 13.9. The molecule has 4 nitrogen and oxygen atoms in total. The lowest BCUT2D eigenvalue weighted by Crippen LogP contribution is -2.25. The number of aliphatic imine (C=N–C) groups is 1. The van der Waals surface area contributed by atoms with Gasteiger partial charge < -0.3 is 10.4 Å². The van der Waals surface area contributed by atoms with Crippen molar-refractivity contribution in [1.82, 2.24) is 10.3 Å². The third-order valence-corrected chi connectivity index (χ3v) is 5.28. The zero-order valence-electron chi connectivity index (χ0n) is 16.2. The van der Waals surface area contributed by atoms with Gasteiger partial charge in [0, 0.05) is 42.5 Å². The van der Waals surface area contributed by atoms with Crippen molar-refractivity contribution in [2.75, 3.05) is 19.7 Å². The Balaban J connectivity index is 1.57. The highest BCUT2D eigenvalue weighted by Gasteiger charge is 2.17. The molecule has 0 aliphatic carbocycles. The van der Waals surface area contributed by atoms with Crippen LogP contribution in [0.1, 0.15) is 28.2 Å². The number of hydrogen-bond acceptors (Lipinski definition) is 4. The van der Waals surface area contributed by atoms with E-state index in [2.05, 4.69) is 33.5 Å². The van der Waals surface area contributed by atoms with Crippen LogP contribution >= 0.6 is 0 Å². The number of hydrogen-bond donors (Lipinski definition) is 2. The molecule has 29 heavy (non-hydrogen) atoms. The van der Waals surface area contributed by atoms with Crippen molar-refractivity contribution in [3.63, 3.8) is 0 Å². The van der Waals surface area contributed by atoms with Crippen molar-refractivity contribution in [2.24, 2.45) is 4.99 Å². The number of halogens is 1. The van der Waals surface area contributed by atoms with Gasteiger partial charge >= 0.3 is 0 Å². The van der Waals surface area contributed by atoms with Gasteiger partial charge in [0.1, 0.15) is 0 Å². The number of fused-ring (bicyclic) bond motifs is 1. The Kier molecular flexibility index (Phi) is 6.08. The summed E-state index contributed by atoms with van der Waals surface area (Å²) in [6.07, 6.45) is 4.53. The van der Waals surface area contributed by atoms with Crippen molar-refractivity contribution < 1.29 is 9.50 Å². The van der Waals surface area contributed by atoms with Crippen LogP contribution in [0.15, 0.2) is 72.0 Å². The van der Waals surface area contributed by atoms with Crippen LogP contribution in [-0.4, -0.2) is 35.8 Å². The van der Waals surface area contributed by atoms with E-state index < -0.39 is 0 Å². The van der Waals surface area contributed by atoms with Crippen molar-refractivity contribution in [2.45, 2.75) is 18.9 Å². The van der Waals surface area contributed by atoms with E-state index in [1.165, 1.54) is 5.56 Å². The normalized spacial score (nSPS) is 13.8. The molecule has 1 aromatic heterocycles. The molecule has 2 heterocycles. The summed E-state index contributed by atoms with van der Waals surface area (Å²) in [7, 11) is 0. The van der Waals surface area contributed by atoms with E-state index >= 15 is 0 Å². The molecule has 0 spiro atoms. The predicted octanol–water partition coefficient (Wildman–Crippen LogP) is 3.89. The van der Waals surface area contributed by atoms with Gasteiger partial charge in [0.15, 0.2) is 0 Å². The van der Waals surface area contributed by atoms with Crippen LogP contribution in [0, 0.1) is 0 Å². The molecule has 148 valence electrons. The third-order valence-electron chi connectivity index (χ3n) is 5.28. The first-order chi connectivity index (χ1) is 14.2. The van der Waals surface area contributed by atoms with E-state index in [1.54, 1.807) is 0 Å². The monoisotopic (exact) mass is 389 g/mol. The topological polar surface area (TPSA) is 57.5 Å². The van der Waals surface area contributed by atoms with Crippen molar-refractivity contribution >= 4 is 5.97 Å². The zero-order chi connectivity index (χ0) is 20.1. The Labute approximate surface area is 170 Å². The van der Waals surface area contributed by atoms with Gasteiger partial charge in [0.05, 0.1) is 13.2 Å². The minimum atomic E-state index is -0.384. The van der Waals surface area contributed by atoms with E-state index in [1.807, 2.05) is 48.8 Å². The molecular formula is C24H24FN3O. The van der Waals surface area contributed by atoms with E-state index in [0.717, 1.165) is 35.2 Å². The summed E-state index contributed by atoms with van der Waals surface area (Å²) < 4.78 is 13.9. The lowest BCUT2D eigenvalue weighted by atomic mass is 9.91.